The number of fused-ring (bicyclic) bond motifs is 7. The number of benzene rings is 9. The molecule has 1 aliphatic rings. The van der Waals surface area contributed by atoms with Crippen molar-refractivity contribution in [1.29, 1.82) is 0 Å². The second kappa shape index (κ2) is 13.0. The summed E-state index contributed by atoms with van der Waals surface area (Å²) in [6.07, 6.45) is 0. The van der Waals surface area contributed by atoms with E-state index in [0.717, 1.165) is 17.1 Å². The minimum absolute atomic E-state index is 0.0824. The van der Waals surface area contributed by atoms with Crippen LogP contribution in [0.5, 0.6) is 0 Å². The lowest BCUT2D eigenvalue weighted by Gasteiger charge is -2.28. The highest BCUT2D eigenvalue weighted by Gasteiger charge is 2.35. The standard InChI is InChI=1S/C55H40N2/c1-55(2)51-24-10-8-22-47(51)48-30-29-46(36-52(48)55)56(43-19-4-3-5-20-43)44-21-13-18-41(34-44)38-16-12-17-39(32-38)42-27-31-54-50(35-42)49-23-9-11-25-53(49)57(54)45-28-26-37-14-6-7-15-40(37)33-45/h3-36H,1-2H3. The van der Waals surface area contributed by atoms with Crippen LogP contribution in [0.4, 0.5) is 17.1 Å². The number of rotatable bonds is 6. The van der Waals surface area contributed by atoms with Crippen molar-refractivity contribution < 1.29 is 0 Å². The highest BCUT2D eigenvalue weighted by atomic mass is 15.1. The second-order valence-electron chi connectivity index (χ2n) is 15.8. The third kappa shape index (κ3) is 5.40. The molecular formula is C55H40N2. The fourth-order valence-corrected chi connectivity index (χ4v) is 9.30. The molecule has 1 aromatic heterocycles. The van der Waals surface area contributed by atoms with Gasteiger partial charge in [-0.1, -0.05) is 147 Å². The molecule has 0 saturated carbocycles. The van der Waals surface area contributed by atoms with E-state index in [1.807, 2.05) is 0 Å². The van der Waals surface area contributed by atoms with Gasteiger partial charge < -0.3 is 9.47 Å². The Morgan fingerprint density at radius 3 is 1.86 bits per heavy atom. The monoisotopic (exact) mass is 728 g/mol. The molecule has 10 aromatic rings. The topological polar surface area (TPSA) is 8.17 Å². The summed E-state index contributed by atoms with van der Waals surface area (Å²) in [5.41, 5.74) is 17.1. The molecule has 0 N–H and O–H groups in total. The molecular weight excluding hydrogens is 689 g/mol. The molecule has 2 nitrogen and oxygen atoms in total. The summed E-state index contributed by atoms with van der Waals surface area (Å²) in [7, 11) is 0. The Bertz CT molecular complexity index is 3170. The Morgan fingerprint density at radius 2 is 1.00 bits per heavy atom. The quantitative estimate of drug-likeness (QED) is 0.165. The molecule has 0 saturated heterocycles. The maximum atomic E-state index is 2.41. The molecule has 0 atom stereocenters. The summed E-state index contributed by atoms with van der Waals surface area (Å²) in [4.78, 5) is 2.39. The lowest BCUT2D eigenvalue weighted by atomic mass is 9.82. The lowest BCUT2D eigenvalue weighted by molar-refractivity contribution is 0.660. The summed E-state index contributed by atoms with van der Waals surface area (Å²) >= 11 is 0. The van der Waals surface area contributed by atoms with Crippen molar-refractivity contribution in [2.45, 2.75) is 19.3 Å². The van der Waals surface area contributed by atoms with Crippen molar-refractivity contribution in [1.82, 2.24) is 4.57 Å². The Labute approximate surface area is 333 Å². The van der Waals surface area contributed by atoms with Gasteiger partial charge in [0.2, 0.25) is 0 Å². The van der Waals surface area contributed by atoms with Crippen LogP contribution in [0.15, 0.2) is 206 Å². The number of aromatic nitrogens is 1. The summed E-state index contributed by atoms with van der Waals surface area (Å²) in [5, 5.41) is 5.00. The van der Waals surface area contributed by atoms with Crippen molar-refractivity contribution in [2.75, 3.05) is 4.90 Å². The Kier molecular flexibility index (Phi) is 7.55. The van der Waals surface area contributed by atoms with E-state index < -0.39 is 0 Å². The van der Waals surface area contributed by atoms with Gasteiger partial charge in [-0.05, 0) is 128 Å². The van der Waals surface area contributed by atoms with Gasteiger partial charge in [0.1, 0.15) is 0 Å². The van der Waals surface area contributed by atoms with E-state index in [4.69, 9.17) is 0 Å². The number of nitrogens with zero attached hydrogens (tertiary/aromatic N) is 2. The van der Waals surface area contributed by atoms with E-state index in [1.165, 1.54) is 82.8 Å². The molecule has 57 heavy (non-hydrogen) atoms. The van der Waals surface area contributed by atoms with Crippen LogP contribution >= 0.6 is 0 Å². The van der Waals surface area contributed by atoms with Crippen molar-refractivity contribution in [3.8, 4) is 39.1 Å². The number of hydrogen-bond acceptors (Lipinski definition) is 1. The maximum absolute atomic E-state index is 2.41. The normalized spacial score (nSPS) is 12.9. The molecule has 1 heterocycles. The third-order valence-corrected chi connectivity index (χ3v) is 12.1. The zero-order chi connectivity index (χ0) is 38.1. The van der Waals surface area contributed by atoms with E-state index in [0.29, 0.717) is 0 Å². The molecule has 0 bridgehead atoms. The number of hydrogen-bond donors (Lipinski definition) is 0. The van der Waals surface area contributed by atoms with Crippen LogP contribution in [0.1, 0.15) is 25.0 Å². The van der Waals surface area contributed by atoms with E-state index >= 15 is 0 Å². The fraction of sp³-hybridized carbons (Fsp3) is 0.0545. The average molecular weight is 729 g/mol. The predicted molar refractivity (Wildman–Crippen MR) is 241 cm³/mol. The molecule has 11 rings (SSSR count). The van der Waals surface area contributed by atoms with E-state index in [2.05, 4.69) is 230 Å². The minimum atomic E-state index is -0.0824. The van der Waals surface area contributed by atoms with Crippen molar-refractivity contribution in [2.24, 2.45) is 0 Å². The molecule has 2 heteroatoms. The first-order chi connectivity index (χ1) is 28.0. The van der Waals surface area contributed by atoms with Gasteiger partial charge in [0, 0.05) is 38.9 Å². The molecule has 0 fully saturated rings. The van der Waals surface area contributed by atoms with Crippen LogP contribution in [0, 0.1) is 0 Å². The average Bonchev–Trinajstić information content (AvgIpc) is 3.72. The van der Waals surface area contributed by atoms with Gasteiger partial charge in [0.15, 0.2) is 0 Å². The summed E-state index contributed by atoms with van der Waals surface area (Å²) in [6, 6.07) is 75.6. The highest BCUT2D eigenvalue weighted by Crippen LogP contribution is 2.50. The van der Waals surface area contributed by atoms with Crippen molar-refractivity contribution in [3.63, 3.8) is 0 Å². The number of para-hydroxylation sites is 2. The van der Waals surface area contributed by atoms with Gasteiger partial charge in [-0.2, -0.15) is 0 Å². The molecule has 1 aliphatic carbocycles. The summed E-state index contributed by atoms with van der Waals surface area (Å²) in [6.45, 7) is 4.70. The highest BCUT2D eigenvalue weighted by molar-refractivity contribution is 6.10. The van der Waals surface area contributed by atoms with Gasteiger partial charge in [0.05, 0.1) is 11.0 Å². The molecule has 0 spiro atoms. The SMILES string of the molecule is CC1(C)c2ccccc2-c2ccc(N(c3ccccc3)c3cccc(-c4cccc(-c5ccc6c(c5)c5ccccc5n6-c5ccc6ccccc6c5)c4)c3)cc21. The molecule has 9 aromatic carbocycles. The van der Waals surface area contributed by atoms with Crippen LogP contribution in [0.3, 0.4) is 0 Å². The smallest absolute Gasteiger partial charge is 0.0541 e. The molecule has 0 aliphatic heterocycles. The zero-order valence-electron chi connectivity index (χ0n) is 32.0. The third-order valence-electron chi connectivity index (χ3n) is 12.1. The van der Waals surface area contributed by atoms with Crippen molar-refractivity contribution >= 4 is 49.6 Å². The largest absolute Gasteiger partial charge is 0.310 e. The number of anilines is 3. The Hall–Kier alpha value is -7.16. The van der Waals surface area contributed by atoms with Gasteiger partial charge in [-0.25, -0.2) is 0 Å². The van der Waals surface area contributed by atoms with Crippen LogP contribution in [0.25, 0.3) is 71.6 Å². The minimum Gasteiger partial charge on any atom is -0.310 e. The van der Waals surface area contributed by atoms with Crippen LogP contribution < -0.4 is 4.90 Å². The zero-order valence-corrected chi connectivity index (χ0v) is 32.0. The first kappa shape index (κ1) is 33.2. The maximum Gasteiger partial charge on any atom is 0.0541 e. The van der Waals surface area contributed by atoms with Gasteiger partial charge in [0.25, 0.3) is 0 Å². The van der Waals surface area contributed by atoms with Gasteiger partial charge in [-0.3, -0.25) is 0 Å². The lowest BCUT2D eigenvalue weighted by Crippen LogP contribution is -2.16. The predicted octanol–water partition coefficient (Wildman–Crippen LogP) is 15.0. The van der Waals surface area contributed by atoms with Crippen molar-refractivity contribution in [3.05, 3.63) is 217 Å². The second-order valence-corrected chi connectivity index (χ2v) is 15.8. The van der Waals surface area contributed by atoms with Crippen LogP contribution in [-0.2, 0) is 5.41 Å². The first-order valence-electron chi connectivity index (χ1n) is 19.8. The molecule has 0 amide bonds. The van der Waals surface area contributed by atoms with E-state index in [-0.39, 0.29) is 5.41 Å². The van der Waals surface area contributed by atoms with E-state index in [9.17, 15) is 0 Å². The molecule has 0 unspecified atom stereocenters. The summed E-state index contributed by atoms with van der Waals surface area (Å²) < 4.78 is 2.40. The fourth-order valence-electron chi connectivity index (χ4n) is 9.30. The summed E-state index contributed by atoms with van der Waals surface area (Å²) in [5.74, 6) is 0. The Balaban J connectivity index is 0.988. The van der Waals surface area contributed by atoms with Crippen LogP contribution in [0.2, 0.25) is 0 Å². The van der Waals surface area contributed by atoms with E-state index in [1.54, 1.807) is 0 Å². The Morgan fingerprint density at radius 1 is 0.368 bits per heavy atom. The molecule has 0 radical (unpaired) electrons. The molecule has 270 valence electrons. The van der Waals surface area contributed by atoms with Crippen LogP contribution in [-0.4, -0.2) is 4.57 Å². The van der Waals surface area contributed by atoms with Gasteiger partial charge in [-0.15, -0.1) is 0 Å². The first-order valence-corrected chi connectivity index (χ1v) is 19.8. The van der Waals surface area contributed by atoms with Gasteiger partial charge >= 0.3 is 0 Å².